The number of benzene rings is 1. The summed E-state index contributed by atoms with van der Waals surface area (Å²) in [5.74, 6) is 0.587. The minimum absolute atomic E-state index is 0.141. The fourth-order valence-corrected chi connectivity index (χ4v) is 2.83. The van der Waals surface area contributed by atoms with E-state index in [0.717, 1.165) is 23.7 Å². The van der Waals surface area contributed by atoms with Crippen molar-refractivity contribution in [1.82, 2.24) is 0 Å². The highest BCUT2D eigenvalue weighted by Crippen LogP contribution is 2.45. The summed E-state index contributed by atoms with van der Waals surface area (Å²) < 4.78 is 6.00. The lowest BCUT2D eigenvalue weighted by Crippen LogP contribution is -2.58. The number of rotatable bonds is 5. The van der Waals surface area contributed by atoms with Crippen LogP contribution in [0.3, 0.4) is 0 Å². The lowest BCUT2D eigenvalue weighted by atomic mass is 9.64. The molecule has 20 heavy (non-hydrogen) atoms. The average Bonchev–Trinajstić information content (AvgIpc) is 2.36. The average molecular weight is 296 g/mol. The molecule has 0 aromatic heterocycles. The van der Waals surface area contributed by atoms with Gasteiger partial charge in [0.25, 0.3) is 0 Å². The molecule has 0 amide bonds. The Labute approximate surface area is 127 Å². The molecule has 2 unspecified atom stereocenters. The number of halogens is 1. The highest BCUT2D eigenvalue weighted by Gasteiger charge is 2.49. The zero-order chi connectivity index (χ0) is 14.9. The highest BCUT2D eigenvalue weighted by atomic mass is 35.5. The van der Waals surface area contributed by atoms with Crippen molar-refractivity contribution in [1.29, 1.82) is 0 Å². The third-order valence-corrected chi connectivity index (χ3v) is 4.59. The maximum Gasteiger partial charge on any atom is 0.0665 e. The molecule has 0 radical (unpaired) electrons. The molecule has 2 atom stereocenters. The van der Waals surface area contributed by atoms with Crippen molar-refractivity contribution in [3.05, 3.63) is 28.8 Å². The SMILES string of the molecule is Cc1ccc(Cl)c(NC2CC(OCC(C)C)C2(C)C)c1. The van der Waals surface area contributed by atoms with Gasteiger partial charge in [-0.3, -0.25) is 0 Å². The van der Waals surface area contributed by atoms with E-state index in [1.54, 1.807) is 0 Å². The second-order valence-corrected chi connectivity index (χ2v) is 7.36. The molecule has 0 aliphatic heterocycles. The fourth-order valence-electron chi connectivity index (χ4n) is 2.66. The smallest absolute Gasteiger partial charge is 0.0665 e. The van der Waals surface area contributed by atoms with Gasteiger partial charge < -0.3 is 10.1 Å². The second kappa shape index (κ2) is 5.95. The summed E-state index contributed by atoms with van der Waals surface area (Å²) in [5.41, 5.74) is 2.40. The van der Waals surface area contributed by atoms with Gasteiger partial charge in [0.15, 0.2) is 0 Å². The first-order valence-corrected chi connectivity index (χ1v) is 7.82. The first-order valence-electron chi connectivity index (χ1n) is 7.45. The molecular formula is C17H26ClNO. The monoisotopic (exact) mass is 295 g/mol. The van der Waals surface area contributed by atoms with Crippen LogP contribution < -0.4 is 5.32 Å². The van der Waals surface area contributed by atoms with Crippen LogP contribution >= 0.6 is 11.6 Å². The maximum absolute atomic E-state index is 6.26. The van der Waals surface area contributed by atoms with Crippen LogP contribution in [0.2, 0.25) is 5.02 Å². The zero-order valence-electron chi connectivity index (χ0n) is 13.2. The first kappa shape index (κ1) is 15.7. The quantitative estimate of drug-likeness (QED) is 0.834. The van der Waals surface area contributed by atoms with Crippen LogP contribution in [0.25, 0.3) is 0 Å². The van der Waals surface area contributed by atoms with E-state index in [9.17, 15) is 0 Å². The van der Waals surface area contributed by atoms with Gasteiger partial charge in [0, 0.05) is 18.1 Å². The van der Waals surface area contributed by atoms with Crippen molar-refractivity contribution in [3.63, 3.8) is 0 Å². The summed E-state index contributed by atoms with van der Waals surface area (Å²) in [7, 11) is 0. The Bertz CT molecular complexity index is 470. The van der Waals surface area contributed by atoms with Crippen molar-refractivity contribution in [2.75, 3.05) is 11.9 Å². The van der Waals surface area contributed by atoms with Crippen molar-refractivity contribution in [3.8, 4) is 0 Å². The largest absolute Gasteiger partial charge is 0.380 e. The van der Waals surface area contributed by atoms with Gasteiger partial charge in [-0.2, -0.15) is 0 Å². The van der Waals surface area contributed by atoms with Crippen LogP contribution in [0.4, 0.5) is 5.69 Å². The molecule has 0 spiro atoms. The summed E-state index contributed by atoms with van der Waals surface area (Å²) >= 11 is 6.26. The van der Waals surface area contributed by atoms with E-state index < -0.39 is 0 Å². The summed E-state index contributed by atoms with van der Waals surface area (Å²) in [4.78, 5) is 0. The van der Waals surface area contributed by atoms with Crippen LogP contribution in [0, 0.1) is 18.3 Å². The van der Waals surface area contributed by atoms with Gasteiger partial charge in [-0.1, -0.05) is 45.4 Å². The van der Waals surface area contributed by atoms with Gasteiger partial charge in [0.1, 0.15) is 0 Å². The number of aryl methyl sites for hydroxylation is 1. The number of nitrogens with one attached hydrogen (secondary N) is 1. The summed E-state index contributed by atoms with van der Waals surface area (Å²) in [6.07, 6.45) is 1.38. The lowest BCUT2D eigenvalue weighted by Gasteiger charge is -2.52. The normalized spacial score (nSPS) is 24.6. The van der Waals surface area contributed by atoms with Crippen LogP contribution in [0.15, 0.2) is 18.2 Å². The standard InChI is InChI=1S/C17H26ClNO/c1-11(2)10-20-16-9-15(17(16,4)5)19-14-8-12(3)6-7-13(14)18/h6-8,11,15-16,19H,9-10H2,1-5H3. The van der Waals surface area contributed by atoms with Crippen LogP contribution in [-0.4, -0.2) is 18.8 Å². The van der Waals surface area contributed by atoms with Gasteiger partial charge >= 0.3 is 0 Å². The van der Waals surface area contributed by atoms with Gasteiger partial charge in [-0.05, 0) is 37.0 Å². The molecule has 1 saturated carbocycles. The molecule has 112 valence electrons. The minimum atomic E-state index is 0.141. The molecule has 1 fully saturated rings. The molecule has 2 rings (SSSR count). The summed E-state index contributed by atoms with van der Waals surface area (Å²) in [6, 6.07) is 6.52. The van der Waals surface area contributed by atoms with Gasteiger partial charge in [0.2, 0.25) is 0 Å². The molecule has 2 nitrogen and oxygen atoms in total. The molecule has 1 aromatic carbocycles. The Morgan fingerprint density at radius 1 is 1.40 bits per heavy atom. The number of ether oxygens (including phenoxy) is 1. The van der Waals surface area contributed by atoms with Gasteiger partial charge in [-0.25, -0.2) is 0 Å². The maximum atomic E-state index is 6.26. The third kappa shape index (κ3) is 3.29. The Kier molecular flexibility index (Phi) is 4.66. The fraction of sp³-hybridized carbons (Fsp3) is 0.647. The van der Waals surface area contributed by atoms with Crippen molar-refractivity contribution < 1.29 is 4.74 Å². The summed E-state index contributed by atoms with van der Waals surface area (Å²) in [6.45, 7) is 11.8. The molecule has 1 N–H and O–H groups in total. The third-order valence-electron chi connectivity index (χ3n) is 4.26. The van der Waals surface area contributed by atoms with E-state index in [2.05, 4.69) is 46.0 Å². The Morgan fingerprint density at radius 3 is 2.70 bits per heavy atom. The lowest BCUT2D eigenvalue weighted by molar-refractivity contribution is -0.108. The van der Waals surface area contributed by atoms with E-state index in [4.69, 9.17) is 16.3 Å². The molecule has 0 bridgehead atoms. The first-order chi connectivity index (χ1) is 9.30. The zero-order valence-corrected chi connectivity index (χ0v) is 13.9. The molecule has 1 aromatic rings. The molecular weight excluding hydrogens is 270 g/mol. The van der Waals surface area contributed by atoms with E-state index in [1.165, 1.54) is 5.56 Å². The van der Waals surface area contributed by atoms with Crippen LogP contribution in [-0.2, 0) is 4.74 Å². The van der Waals surface area contributed by atoms with Crippen LogP contribution in [0.5, 0.6) is 0 Å². The Hall–Kier alpha value is -0.730. The van der Waals surface area contributed by atoms with Crippen molar-refractivity contribution in [2.24, 2.45) is 11.3 Å². The van der Waals surface area contributed by atoms with Crippen LogP contribution in [0.1, 0.15) is 39.7 Å². The second-order valence-electron chi connectivity index (χ2n) is 6.95. The Morgan fingerprint density at radius 2 is 2.10 bits per heavy atom. The van der Waals surface area contributed by atoms with E-state index in [-0.39, 0.29) is 5.41 Å². The molecule has 3 heteroatoms. The van der Waals surface area contributed by atoms with Gasteiger partial charge in [-0.15, -0.1) is 0 Å². The van der Waals surface area contributed by atoms with Gasteiger partial charge in [0.05, 0.1) is 16.8 Å². The molecule has 0 saturated heterocycles. The molecule has 1 aliphatic rings. The van der Waals surface area contributed by atoms with Crippen molar-refractivity contribution >= 4 is 17.3 Å². The van der Waals surface area contributed by atoms with E-state index >= 15 is 0 Å². The Balaban J connectivity index is 1.97. The molecule has 1 aliphatic carbocycles. The topological polar surface area (TPSA) is 21.3 Å². The highest BCUT2D eigenvalue weighted by molar-refractivity contribution is 6.33. The van der Waals surface area contributed by atoms with E-state index in [0.29, 0.717) is 18.1 Å². The number of hydrogen-bond acceptors (Lipinski definition) is 2. The summed E-state index contributed by atoms with van der Waals surface area (Å²) in [5, 5.41) is 4.37. The van der Waals surface area contributed by atoms with Crippen molar-refractivity contribution in [2.45, 2.75) is 53.2 Å². The predicted molar refractivity (Wildman–Crippen MR) is 86.6 cm³/mol. The predicted octanol–water partition coefficient (Wildman–Crippen LogP) is 4.90. The molecule has 0 heterocycles. The number of anilines is 1. The minimum Gasteiger partial charge on any atom is -0.380 e. The number of hydrogen-bond donors (Lipinski definition) is 1. The van der Waals surface area contributed by atoms with E-state index in [1.807, 2.05) is 12.1 Å².